The molecule has 0 bridgehead atoms. The zero-order valence-electron chi connectivity index (χ0n) is 11.4. The van der Waals surface area contributed by atoms with Crippen LogP contribution < -0.4 is 5.32 Å². The van der Waals surface area contributed by atoms with E-state index in [0.29, 0.717) is 23.4 Å². The third-order valence-electron chi connectivity index (χ3n) is 3.86. The van der Waals surface area contributed by atoms with Gasteiger partial charge in [0.2, 0.25) is 0 Å². The summed E-state index contributed by atoms with van der Waals surface area (Å²) in [5, 5.41) is 12.5. The Balaban J connectivity index is 2.16. The molecule has 0 aliphatic heterocycles. The fraction of sp³-hybridized carbons (Fsp3) is 0.467. The molecule has 1 aromatic rings. The number of rotatable bonds is 4. The minimum Gasteiger partial charge on any atom is -0.481 e. The standard InChI is InChI=1S/C15H18ClNO3/c1-10-4-5-11(8-12(10)16)14(20)17-15(9-13(18)19)6-2-3-7-15/h4-5,8H,2-3,6-7,9H2,1H3,(H,17,20)(H,18,19). The number of carboxylic acid groups (broad SMARTS) is 1. The van der Waals surface area contributed by atoms with Gasteiger partial charge in [-0.1, -0.05) is 30.5 Å². The van der Waals surface area contributed by atoms with Gasteiger partial charge in [0.05, 0.1) is 12.0 Å². The Morgan fingerprint density at radius 2 is 2.00 bits per heavy atom. The lowest BCUT2D eigenvalue weighted by Gasteiger charge is -2.28. The number of hydrogen-bond acceptors (Lipinski definition) is 2. The maximum Gasteiger partial charge on any atom is 0.305 e. The number of carboxylic acids is 1. The number of amides is 1. The summed E-state index contributed by atoms with van der Waals surface area (Å²) in [6, 6.07) is 5.12. The fourth-order valence-corrected chi connectivity index (χ4v) is 2.91. The van der Waals surface area contributed by atoms with E-state index in [1.54, 1.807) is 18.2 Å². The van der Waals surface area contributed by atoms with Crippen LogP contribution in [-0.2, 0) is 4.79 Å². The quantitative estimate of drug-likeness (QED) is 0.896. The molecule has 2 rings (SSSR count). The number of carbonyl (C=O) groups excluding carboxylic acids is 1. The molecule has 0 heterocycles. The van der Waals surface area contributed by atoms with Gasteiger partial charge in [0.25, 0.3) is 5.91 Å². The molecule has 0 aromatic heterocycles. The van der Waals surface area contributed by atoms with E-state index in [9.17, 15) is 9.59 Å². The predicted molar refractivity (Wildman–Crippen MR) is 77.1 cm³/mol. The number of benzene rings is 1. The van der Waals surface area contributed by atoms with Crippen molar-refractivity contribution in [2.24, 2.45) is 0 Å². The van der Waals surface area contributed by atoms with Crippen LogP contribution in [0.4, 0.5) is 0 Å². The first-order chi connectivity index (χ1) is 9.42. The molecular formula is C15H18ClNO3. The molecular weight excluding hydrogens is 278 g/mol. The van der Waals surface area contributed by atoms with Gasteiger partial charge in [0, 0.05) is 10.6 Å². The van der Waals surface area contributed by atoms with Crippen molar-refractivity contribution in [3.05, 3.63) is 34.3 Å². The van der Waals surface area contributed by atoms with Gasteiger partial charge < -0.3 is 10.4 Å². The summed E-state index contributed by atoms with van der Waals surface area (Å²) >= 11 is 6.02. The molecule has 1 aromatic carbocycles. The number of hydrogen-bond donors (Lipinski definition) is 2. The molecule has 1 fully saturated rings. The van der Waals surface area contributed by atoms with Gasteiger partial charge in [-0.25, -0.2) is 0 Å². The van der Waals surface area contributed by atoms with Crippen LogP contribution in [0.3, 0.4) is 0 Å². The second kappa shape index (κ2) is 5.83. The van der Waals surface area contributed by atoms with Gasteiger partial charge in [-0.3, -0.25) is 9.59 Å². The van der Waals surface area contributed by atoms with Crippen molar-refractivity contribution >= 4 is 23.5 Å². The molecule has 0 atom stereocenters. The average molecular weight is 296 g/mol. The summed E-state index contributed by atoms with van der Waals surface area (Å²) in [5.74, 6) is -1.14. The first-order valence-electron chi connectivity index (χ1n) is 6.72. The van der Waals surface area contributed by atoms with Crippen LogP contribution in [0.25, 0.3) is 0 Å². The summed E-state index contributed by atoms with van der Waals surface area (Å²) in [7, 11) is 0. The summed E-state index contributed by atoms with van der Waals surface area (Å²) in [6.07, 6.45) is 3.29. The molecule has 1 amide bonds. The number of aryl methyl sites for hydroxylation is 1. The highest BCUT2D eigenvalue weighted by molar-refractivity contribution is 6.31. The fourth-order valence-electron chi connectivity index (χ4n) is 2.73. The maximum atomic E-state index is 12.3. The Kier molecular flexibility index (Phi) is 4.33. The second-order valence-corrected chi connectivity index (χ2v) is 5.88. The van der Waals surface area contributed by atoms with E-state index in [4.69, 9.17) is 16.7 Å². The van der Waals surface area contributed by atoms with E-state index in [2.05, 4.69) is 5.32 Å². The molecule has 0 unspecified atom stereocenters. The van der Waals surface area contributed by atoms with Crippen molar-refractivity contribution < 1.29 is 14.7 Å². The summed E-state index contributed by atoms with van der Waals surface area (Å²) in [4.78, 5) is 23.3. The van der Waals surface area contributed by atoms with E-state index >= 15 is 0 Å². The zero-order chi connectivity index (χ0) is 14.8. The highest BCUT2D eigenvalue weighted by atomic mass is 35.5. The zero-order valence-corrected chi connectivity index (χ0v) is 12.2. The highest BCUT2D eigenvalue weighted by Gasteiger charge is 2.37. The normalized spacial score (nSPS) is 16.9. The summed E-state index contributed by atoms with van der Waals surface area (Å²) in [6.45, 7) is 1.87. The number of nitrogens with one attached hydrogen (secondary N) is 1. The second-order valence-electron chi connectivity index (χ2n) is 5.48. The van der Waals surface area contributed by atoms with E-state index in [1.807, 2.05) is 6.92 Å². The van der Waals surface area contributed by atoms with Crippen molar-refractivity contribution in [2.45, 2.75) is 44.6 Å². The van der Waals surface area contributed by atoms with Gasteiger partial charge in [0.15, 0.2) is 0 Å². The Hall–Kier alpha value is -1.55. The Morgan fingerprint density at radius 1 is 1.35 bits per heavy atom. The van der Waals surface area contributed by atoms with E-state index in [0.717, 1.165) is 18.4 Å². The van der Waals surface area contributed by atoms with Gasteiger partial charge in [0.1, 0.15) is 0 Å². The molecule has 4 nitrogen and oxygen atoms in total. The van der Waals surface area contributed by atoms with E-state index in [-0.39, 0.29) is 12.3 Å². The van der Waals surface area contributed by atoms with Crippen molar-refractivity contribution in [2.75, 3.05) is 0 Å². The topological polar surface area (TPSA) is 66.4 Å². The molecule has 0 saturated heterocycles. The first-order valence-corrected chi connectivity index (χ1v) is 7.10. The molecule has 108 valence electrons. The lowest BCUT2D eigenvalue weighted by Crippen LogP contribution is -2.47. The summed E-state index contributed by atoms with van der Waals surface area (Å²) < 4.78 is 0. The minimum atomic E-state index is -0.880. The molecule has 5 heteroatoms. The third kappa shape index (κ3) is 3.31. The third-order valence-corrected chi connectivity index (χ3v) is 4.27. The molecule has 0 spiro atoms. The highest BCUT2D eigenvalue weighted by Crippen LogP contribution is 2.33. The monoisotopic (exact) mass is 295 g/mol. The van der Waals surface area contributed by atoms with Crippen LogP contribution in [0.15, 0.2) is 18.2 Å². The lowest BCUT2D eigenvalue weighted by atomic mass is 9.92. The molecule has 1 aliphatic rings. The lowest BCUT2D eigenvalue weighted by molar-refractivity contribution is -0.138. The van der Waals surface area contributed by atoms with Crippen molar-refractivity contribution in [1.82, 2.24) is 5.32 Å². The van der Waals surface area contributed by atoms with Crippen molar-refractivity contribution in [3.63, 3.8) is 0 Å². The molecule has 20 heavy (non-hydrogen) atoms. The van der Waals surface area contributed by atoms with Crippen LogP contribution in [-0.4, -0.2) is 22.5 Å². The van der Waals surface area contributed by atoms with Gasteiger partial charge in [-0.2, -0.15) is 0 Å². The van der Waals surface area contributed by atoms with Crippen molar-refractivity contribution in [1.29, 1.82) is 0 Å². The first kappa shape index (κ1) is 14.9. The van der Waals surface area contributed by atoms with Gasteiger partial charge in [-0.15, -0.1) is 0 Å². The van der Waals surface area contributed by atoms with Crippen LogP contribution in [0.1, 0.15) is 48.0 Å². The van der Waals surface area contributed by atoms with Crippen LogP contribution in [0.5, 0.6) is 0 Å². The van der Waals surface area contributed by atoms with Crippen LogP contribution in [0.2, 0.25) is 5.02 Å². The number of halogens is 1. The largest absolute Gasteiger partial charge is 0.481 e. The number of aliphatic carboxylic acids is 1. The molecule has 2 N–H and O–H groups in total. The molecule has 1 aliphatic carbocycles. The Labute approximate surface area is 123 Å². The number of carbonyl (C=O) groups is 2. The Morgan fingerprint density at radius 3 is 2.55 bits per heavy atom. The molecule has 0 radical (unpaired) electrons. The Bertz CT molecular complexity index is 536. The summed E-state index contributed by atoms with van der Waals surface area (Å²) in [5.41, 5.74) is 0.766. The average Bonchev–Trinajstić information content (AvgIpc) is 2.79. The maximum absolute atomic E-state index is 12.3. The van der Waals surface area contributed by atoms with E-state index < -0.39 is 11.5 Å². The van der Waals surface area contributed by atoms with Crippen LogP contribution >= 0.6 is 11.6 Å². The van der Waals surface area contributed by atoms with E-state index in [1.165, 1.54) is 0 Å². The van der Waals surface area contributed by atoms with Crippen LogP contribution in [0, 0.1) is 6.92 Å². The SMILES string of the molecule is Cc1ccc(C(=O)NC2(CC(=O)O)CCCC2)cc1Cl. The minimum absolute atomic E-state index is 0.0294. The smallest absolute Gasteiger partial charge is 0.305 e. The molecule has 1 saturated carbocycles. The predicted octanol–water partition coefficient (Wildman–Crippen LogP) is 3.17. The van der Waals surface area contributed by atoms with Gasteiger partial charge in [-0.05, 0) is 37.5 Å². The van der Waals surface area contributed by atoms with Crippen molar-refractivity contribution in [3.8, 4) is 0 Å². The van der Waals surface area contributed by atoms with Gasteiger partial charge >= 0.3 is 5.97 Å².